The van der Waals surface area contributed by atoms with Gasteiger partial charge in [-0.15, -0.1) is 0 Å². The molecule has 0 heterocycles. The number of nitrogens with zero attached hydrogens (tertiary/aromatic N) is 1. The largest absolute Gasteiger partial charge is 0.490 e. The second-order valence-corrected chi connectivity index (χ2v) is 7.77. The van der Waals surface area contributed by atoms with Gasteiger partial charge < -0.3 is 15.3 Å². The Balaban J connectivity index is 2.29. The van der Waals surface area contributed by atoms with Crippen molar-refractivity contribution >= 4 is 40.9 Å². The second kappa shape index (κ2) is 11.8. The van der Waals surface area contributed by atoms with Gasteiger partial charge in [0.1, 0.15) is 6.61 Å². The Labute approximate surface area is 187 Å². The predicted octanol–water partition coefficient (Wildman–Crippen LogP) is 5.11. The number of ketones is 1. The Kier molecular flexibility index (Phi) is 9.50. The zero-order valence-electron chi connectivity index (χ0n) is 17.1. The molecule has 1 aromatic rings. The molecule has 5 nitrogen and oxygen atoms in total. The number of hydrogen-bond acceptors (Lipinski definition) is 5. The standard InChI is InChI=1S/C23H26Cl2N2O3/c1-3-4-16(13-27-2)23(29)21(22(26)15-5-7-17(24)8-6-15)20(28)14-30-19-11-9-18(25)10-12-19/h4-9,11,13,21,23,26,29H,3,10,12,14H2,1-2H3/b16-4+,26-22?,27-13?. The number of carbonyl (C=O) groups is 1. The van der Waals surface area contributed by atoms with Crippen LogP contribution in [-0.2, 0) is 9.53 Å². The van der Waals surface area contributed by atoms with Crippen molar-refractivity contribution in [2.45, 2.75) is 32.3 Å². The van der Waals surface area contributed by atoms with Gasteiger partial charge in [-0.05, 0) is 48.3 Å². The molecule has 1 aliphatic carbocycles. The Hall–Kier alpha value is -2.21. The maximum absolute atomic E-state index is 13.1. The summed E-state index contributed by atoms with van der Waals surface area (Å²) < 4.78 is 5.66. The van der Waals surface area contributed by atoms with Crippen molar-refractivity contribution in [3.05, 3.63) is 69.4 Å². The number of ether oxygens (including phenoxy) is 1. The number of aliphatic hydroxyl groups excluding tert-OH is 1. The highest BCUT2D eigenvalue weighted by molar-refractivity contribution is 6.30. The number of carbonyl (C=O) groups excluding carboxylic acids is 1. The summed E-state index contributed by atoms with van der Waals surface area (Å²) >= 11 is 11.9. The molecular formula is C23H26Cl2N2O3. The Morgan fingerprint density at radius 1 is 1.27 bits per heavy atom. The molecule has 2 rings (SSSR count). The van der Waals surface area contributed by atoms with Gasteiger partial charge in [-0.3, -0.25) is 9.79 Å². The zero-order chi connectivity index (χ0) is 22.1. The van der Waals surface area contributed by atoms with Crippen molar-refractivity contribution in [1.82, 2.24) is 0 Å². The summed E-state index contributed by atoms with van der Waals surface area (Å²) in [6.45, 7) is 1.67. The number of rotatable bonds is 10. The van der Waals surface area contributed by atoms with Crippen molar-refractivity contribution in [3.8, 4) is 0 Å². The predicted molar refractivity (Wildman–Crippen MR) is 123 cm³/mol. The first-order valence-electron chi connectivity index (χ1n) is 9.72. The molecule has 0 saturated heterocycles. The lowest BCUT2D eigenvalue weighted by molar-refractivity contribution is -0.126. The van der Waals surface area contributed by atoms with E-state index in [1.54, 1.807) is 49.5 Å². The molecule has 2 unspecified atom stereocenters. The van der Waals surface area contributed by atoms with Gasteiger partial charge in [0.25, 0.3) is 0 Å². The van der Waals surface area contributed by atoms with Crippen LogP contribution in [0.3, 0.4) is 0 Å². The highest BCUT2D eigenvalue weighted by Gasteiger charge is 2.33. The Bertz CT molecular complexity index is 886. The lowest BCUT2D eigenvalue weighted by atomic mass is 9.84. The summed E-state index contributed by atoms with van der Waals surface area (Å²) in [5.41, 5.74) is 0.996. The first-order chi connectivity index (χ1) is 14.4. The van der Waals surface area contributed by atoms with Gasteiger partial charge in [0.2, 0.25) is 0 Å². The number of aliphatic imine (C=N–C) groups is 1. The van der Waals surface area contributed by atoms with Crippen molar-refractivity contribution in [2.75, 3.05) is 13.7 Å². The van der Waals surface area contributed by atoms with E-state index in [1.807, 2.05) is 6.92 Å². The van der Waals surface area contributed by atoms with Crippen LogP contribution in [0.4, 0.5) is 0 Å². The van der Waals surface area contributed by atoms with Crippen molar-refractivity contribution < 1.29 is 14.6 Å². The van der Waals surface area contributed by atoms with E-state index in [4.69, 9.17) is 33.3 Å². The average molecular weight is 449 g/mol. The molecule has 7 heteroatoms. The van der Waals surface area contributed by atoms with E-state index in [0.717, 1.165) is 5.03 Å². The maximum atomic E-state index is 13.1. The minimum absolute atomic E-state index is 0.000151. The highest BCUT2D eigenvalue weighted by Crippen LogP contribution is 2.24. The molecule has 0 amide bonds. The number of nitrogens with one attached hydrogen (secondary N) is 1. The third-order valence-electron chi connectivity index (χ3n) is 4.65. The summed E-state index contributed by atoms with van der Waals surface area (Å²) in [6.07, 6.45) is 7.49. The van der Waals surface area contributed by atoms with E-state index in [-0.39, 0.29) is 12.3 Å². The monoisotopic (exact) mass is 448 g/mol. The molecule has 0 fully saturated rings. The van der Waals surface area contributed by atoms with Crippen LogP contribution in [-0.4, -0.2) is 42.6 Å². The van der Waals surface area contributed by atoms with Gasteiger partial charge in [0.15, 0.2) is 5.78 Å². The van der Waals surface area contributed by atoms with Gasteiger partial charge >= 0.3 is 0 Å². The molecule has 2 N–H and O–H groups in total. The summed E-state index contributed by atoms with van der Waals surface area (Å²) in [5.74, 6) is -0.848. The van der Waals surface area contributed by atoms with Gasteiger partial charge in [-0.2, -0.15) is 0 Å². The third-order valence-corrected chi connectivity index (χ3v) is 5.22. The van der Waals surface area contributed by atoms with E-state index in [2.05, 4.69) is 4.99 Å². The normalized spacial score (nSPS) is 16.6. The first-order valence-corrected chi connectivity index (χ1v) is 10.5. The van der Waals surface area contributed by atoms with Crippen LogP contribution in [0.15, 0.2) is 63.9 Å². The minimum atomic E-state index is -1.22. The van der Waals surface area contributed by atoms with Gasteiger partial charge in [0, 0.05) is 29.7 Å². The van der Waals surface area contributed by atoms with Crippen LogP contribution in [0.2, 0.25) is 5.02 Å². The van der Waals surface area contributed by atoms with Crippen molar-refractivity contribution in [3.63, 3.8) is 0 Å². The number of Topliss-reactive ketones (excluding diaryl/α,β-unsaturated/α-hetero) is 1. The molecule has 160 valence electrons. The fraction of sp³-hybridized carbons (Fsp3) is 0.348. The van der Waals surface area contributed by atoms with Gasteiger partial charge in [-0.25, -0.2) is 0 Å². The van der Waals surface area contributed by atoms with Crippen LogP contribution >= 0.6 is 23.2 Å². The molecular weight excluding hydrogens is 423 g/mol. The van der Waals surface area contributed by atoms with Crippen molar-refractivity contribution in [2.24, 2.45) is 10.9 Å². The summed E-state index contributed by atoms with van der Waals surface area (Å²) in [7, 11) is 1.59. The molecule has 0 radical (unpaired) electrons. The molecule has 30 heavy (non-hydrogen) atoms. The average Bonchev–Trinajstić information content (AvgIpc) is 2.73. The molecule has 0 aromatic heterocycles. The SMILES string of the molecule is CC/C=C(\C=NC)C(O)C(C(=N)c1ccc(Cl)cc1)C(=O)COC1=CC=C(Cl)CC1. The minimum Gasteiger partial charge on any atom is -0.490 e. The number of allylic oxidation sites excluding steroid dienone is 5. The molecule has 0 bridgehead atoms. The van der Waals surface area contributed by atoms with Gasteiger partial charge in [0.05, 0.1) is 23.5 Å². The number of benzene rings is 1. The molecule has 2 atom stereocenters. The lowest BCUT2D eigenvalue weighted by Crippen LogP contribution is -2.39. The molecule has 1 aliphatic rings. The lowest BCUT2D eigenvalue weighted by Gasteiger charge is -2.24. The van der Waals surface area contributed by atoms with Crippen LogP contribution < -0.4 is 0 Å². The van der Waals surface area contributed by atoms with Crippen LogP contribution in [0.25, 0.3) is 0 Å². The first kappa shape index (κ1) is 24.1. The van der Waals surface area contributed by atoms with Crippen LogP contribution in [0.5, 0.6) is 0 Å². The highest BCUT2D eigenvalue weighted by atomic mass is 35.5. The fourth-order valence-electron chi connectivity index (χ4n) is 3.10. The van der Waals surface area contributed by atoms with E-state index in [9.17, 15) is 9.90 Å². The smallest absolute Gasteiger partial charge is 0.182 e. The molecule has 0 saturated carbocycles. The quantitative estimate of drug-likeness (QED) is 0.487. The summed E-state index contributed by atoms with van der Waals surface area (Å²) in [5, 5.41) is 20.9. The maximum Gasteiger partial charge on any atom is 0.182 e. The topological polar surface area (TPSA) is 82.7 Å². The Morgan fingerprint density at radius 3 is 2.53 bits per heavy atom. The summed E-state index contributed by atoms with van der Waals surface area (Å²) in [4.78, 5) is 17.1. The van der Waals surface area contributed by atoms with Gasteiger partial charge in [-0.1, -0.05) is 48.3 Å². The van der Waals surface area contributed by atoms with E-state index in [1.165, 1.54) is 6.21 Å². The van der Waals surface area contributed by atoms with E-state index >= 15 is 0 Å². The summed E-state index contributed by atoms with van der Waals surface area (Å²) in [6, 6.07) is 6.61. The third kappa shape index (κ3) is 6.66. The zero-order valence-corrected chi connectivity index (χ0v) is 18.6. The van der Waals surface area contributed by atoms with E-state index < -0.39 is 17.8 Å². The number of hydrogen-bond donors (Lipinski definition) is 2. The second-order valence-electron chi connectivity index (χ2n) is 6.84. The Morgan fingerprint density at radius 2 is 1.97 bits per heavy atom. The molecule has 1 aromatic carbocycles. The van der Waals surface area contributed by atoms with Crippen LogP contribution in [0.1, 0.15) is 31.7 Å². The fourth-order valence-corrected chi connectivity index (χ4v) is 3.38. The number of aliphatic hydroxyl groups is 1. The molecule has 0 aliphatic heterocycles. The van der Waals surface area contributed by atoms with E-state index in [0.29, 0.717) is 41.2 Å². The number of halogens is 2. The molecule has 0 spiro atoms. The van der Waals surface area contributed by atoms with Crippen LogP contribution in [0, 0.1) is 11.3 Å². The van der Waals surface area contributed by atoms with Crippen molar-refractivity contribution in [1.29, 1.82) is 5.41 Å².